The molecule has 0 saturated carbocycles. The molecule has 18 heavy (non-hydrogen) atoms. The standard InChI is InChI=1S/C16H13NO/c1-2-6-13-12(4-1)10-17-15(13)14-7-3-5-11-8-9-18-16(11)14/h1-9,15,17H,10H2. The maximum absolute atomic E-state index is 5.64. The summed E-state index contributed by atoms with van der Waals surface area (Å²) in [7, 11) is 0. The summed E-state index contributed by atoms with van der Waals surface area (Å²) in [5.41, 5.74) is 4.96. The van der Waals surface area contributed by atoms with Gasteiger partial charge < -0.3 is 9.73 Å². The van der Waals surface area contributed by atoms with Crippen LogP contribution >= 0.6 is 0 Å². The molecule has 0 radical (unpaired) electrons. The molecular formula is C16H13NO. The van der Waals surface area contributed by atoms with E-state index in [2.05, 4.69) is 47.8 Å². The van der Waals surface area contributed by atoms with Crippen LogP contribution in [0.1, 0.15) is 22.7 Å². The van der Waals surface area contributed by atoms with Gasteiger partial charge in [-0.1, -0.05) is 42.5 Å². The molecule has 2 nitrogen and oxygen atoms in total. The highest BCUT2D eigenvalue weighted by Gasteiger charge is 2.24. The second kappa shape index (κ2) is 3.72. The molecule has 88 valence electrons. The van der Waals surface area contributed by atoms with E-state index in [1.54, 1.807) is 6.26 Å². The normalized spacial score (nSPS) is 18.1. The fraction of sp³-hybridized carbons (Fsp3) is 0.125. The van der Waals surface area contributed by atoms with Gasteiger partial charge in [-0.2, -0.15) is 0 Å². The number of benzene rings is 2. The zero-order chi connectivity index (χ0) is 11.9. The van der Waals surface area contributed by atoms with E-state index >= 15 is 0 Å². The molecule has 0 fully saturated rings. The van der Waals surface area contributed by atoms with Crippen LogP contribution in [0, 0.1) is 0 Å². The predicted molar refractivity (Wildman–Crippen MR) is 71.3 cm³/mol. The Bertz CT molecular complexity index is 714. The first kappa shape index (κ1) is 9.92. The number of fused-ring (bicyclic) bond motifs is 2. The second-order valence-corrected chi connectivity index (χ2v) is 4.70. The highest BCUT2D eigenvalue weighted by molar-refractivity contribution is 5.81. The monoisotopic (exact) mass is 235 g/mol. The van der Waals surface area contributed by atoms with E-state index in [0.29, 0.717) is 0 Å². The maximum Gasteiger partial charge on any atom is 0.138 e. The van der Waals surface area contributed by atoms with Crippen molar-refractivity contribution in [2.45, 2.75) is 12.6 Å². The molecule has 1 aliphatic rings. The van der Waals surface area contributed by atoms with E-state index in [1.165, 1.54) is 22.1 Å². The Kier molecular flexibility index (Phi) is 2.05. The lowest BCUT2D eigenvalue weighted by Crippen LogP contribution is -2.13. The predicted octanol–water partition coefficient (Wildman–Crippen LogP) is 3.63. The summed E-state index contributed by atoms with van der Waals surface area (Å²) in [6.45, 7) is 0.929. The van der Waals surface area contributed by atoms with E-state index in [-0.39, 0.29) is 6.04 Å². The molecule has 0 saturated heterocycles. The summed E-state index contributed by atoms with van der Waals surface area (Å²) in [5.74, 6) is 0. The Morgan fingerprint density at radius 2 is 1.83 bits per heavy atom. The first-order valence-corrected chi connectivity index (χ1v) is 6.21. The molecule has 1 aliphatic heterocycles. The largest absolute Gasteiger partial charge is 0.464 e. The van der Waals surface area contributed by atoms with Crippen molar-refractivity contribution in [3.8, 4) is 0 Å². The van der Waals surface area contributed by atoms with Gasteiger partial charge in [0.15, 0.2) is 0 Å². The molecule has 0 bridgehead atoms. The second-order valence-electron chi connectivity index (χ2n) is 4.70. The van der Waals surface area contributed by atoms with Gasteiger partial charge in [0.05, 0.1) is 12.3 Å². The number of rotatable bonds is 1. The average Bonchev–Trinajstić information content (AvgIpc) is 3.05. The third kappa shape index (κ3) is 1.33. The van der Waals surface area contributed by atoms with Gasteiger partial charge in [-0.25, -0.2) is 0 Å². The molecule has 2 heteroatoms. The molecule has 2 heterocycles. The lowest BCUT2D eigenvalue weighted by molar-refractivity contribution is 0.596. The molecule has 4 rings (SSSR count). The van der Waals surface area contributed by atoms with Crippen LogP contribution in [0.2, 0.25) is 0 Å². The van der Waals surface area contributed by atoms with Crippen LogP contribution in [0.25, 0.3) is 11.0 Å². The van der Waals surface area contributed by atoms with Crippen LogP contribution in [0.15, 0.2) is 59.2 Å². The maximum atomic E-state index is 5.64. The summed E-state index contributed by atoms with van der Waals surface area (Å²) in [4.78, 5) is 0. The van der Waals surface area contributed by atoms with Crippen LogP contribution in [0.4, 0.5) is 0 Å². The summed E-state index contributed by atoms with van der Waals surface area (Å²) in [6.07, 6.45) is 1.76. The minimum absolute atomic E-state index is 0.246. The van der Waals surface area contributed by atoms with Crippen molar-refractivity contribution in [3.63, 3.8) is 0 Å². The molecule has 1 aromatic heterocycles. The molecular weight excluding hydrogens is 222 g/mol. The first-order valence-electron chi connectivity index (χ1n) is 6.21. The molecule has 1 atom stereocenters. The van der Waals surface area contributed by atoms with Crippen LogP contribution in [-0.2, 0) is 6.54 Å². The molecule has 0 aliphatic carbocycles. The minimum atomic E-state index is 0.246. The number of furan rings is 1. The van der Waals surface area contributed by atoms with E-state index in [4.69, 9.17) is 4.42 Å². The van der Waals surface area contributed by atoms with Gasteiger partial charge in [0, 0.05) is 17.5 Å². The Labute approximate surface area is 105 Å². The number of hydrogen-bond donors (Lipinski definition) is 1. The van der Waals surface area contributed by atoms with Gasteiger partial charge in [-0.05, 0) is 17.2 Å². The van der Waals surface area contributed by atoms with Crippen molar-refractivity contribution >= 4 is 11.0 Å². The lowest BCUT2D eigenvalue weighted by atomic mass is 9.97. The average molecular weight is 235 g/mol. The van der Waals surface area contributed by atoms with Gasteiger partial charge in [-0.15, -0.1) is 0 Å². The van der Waals surface area contributed by atoms with Crippen molar-refractivity contribution in [1.82, 2.24) is 5.32 Å². The Balaban J connectivity index is 1.92. The van der Waals surface area contributed by atoms with Gasteiger partial charge >= 0.3 is 0 Å². The Morgan fingerprint density at radius 1 is 0.944 bits per heavy atom. The van der Waals surface area contributed by atoms with Crippen molar-refractivity contribution in [1.29, 1.82) is 0 Å². The summed E-state index contributed by atoms with van der Waals surface area (Å²) >= 11 is 0. The van der Waals surface area contributed by atoms with Crippen molar-refractivity contribution in [2.24, 2.45) is 0 Å². The van der Waals surface area contributed by atoms with E-state index in [1.807, 2.05) is 6.07 Å². The molecule has 1 unspecified atom stereocenters. The van der Waals surface area contributed by atoms with Gasteiger partial charge in [0.25, 0.3) is 0 Å². The minimum Gasteiger partial charge on any atom is -0.464 e. The zero-order valence-electron chi connectivity index (χ0n) is 9.89. The van der Waals surface area contributed by atoms with Crippen molar-refractivity contribution < 1.29 is 4.42 Å². The molecule has 0 amide bonds. The molecule has 2 aromatic carbocycles. The van der Waals surface area contributed by atoms with Crippen LogP contribution < -0.4 is 5.32 Å². The third-order valence-electron chi connectivity index (χ3n) is 3.68. The van der Waals surface area contributed by atoms with Crippen LogP contribution in [-0.4, -0.2) is 0 Å². The quantitative estimate of drug-likeness (QED) is 0.696. The molecule has 1 N–H and O–H groups in total. The number of hydrogen-bond acceptors (Lipinski definition) is 2. The zero-order valence-corrected chi connectivity index (χ0v) is 9.89. The molecule has 0 spiro atoms. The van der Waals surface area contributed by atoms with E-state index < -0.39 is 0 Å². The Morgan fingerprint density at radius 3 is 2.83 bits per heavy atom. The van der Waals surface area contributed by atoms with E-state index in [9.17, 15) is 0 Å². The Hall–Kier alpha value is -2.06. The fourth-order valence-electron chi connectivity index (χ4n) is 2.82. The van der Waals surface area contributed by atoms with Crippen molar-refractivity contribution in [2.75, 3.05) is 0 Å². The van der Waals surface area contributed by atoms with E-state index in [0.717, 1.165) is 12.1 Å². The topological polar surface area (TPSA) is 25.2 Å². The fourth-order valence-corrected chi connectivity index (χ4v) is 2.82. The molecule has 3 aromatic rings. The SMILES string of the molecule is c1ccc2c(c1)CNC2c1cccc2ccoc12. The number of para-hydroxylation sites is 1. The van der Waals surface area contributed by atoms with Crippen LogP contribution in [0.5, 0.6) is 0 Å². The smallest absolute Gasteiger partial charge is 0.138 e. The highest BCUT2D eigenvalue weighted by atomic mass is 16.3. The lowest BCUT2D eigenvalue weighted by Gasteiger charge is -2.12. The summed E-state index contributed by atoms with van der Waals surface area (Å²) in [6, 6.07) is 17.2. The first-order chi connectivity index (χ1) is 8.93. The number of nitrogens with one attached hydrogen (secondary N) is 1. The van der Waals surface area contributed by atoms with Crippen molar-refractivity contribution in [3.05, 3.63) is 71.5 Å². The highest BCUT2D eigenvalue weighted by Crippen LogP contribution is 2.34. The van der Waals surface area contributed by atoms with Gasteiger partial charge in [0.2, 0.25) is 0 Å². The summed E-state index contributed by atoms with van der Waals surface area (Å²) < 4.78 is 5.64. The third-order valence-corrected chi connectivity index (χ3v) is 3.68. The van der Waals surface area contributed by atoms with Crippen LogP contribution in [0.3, 0.4) is 0 Å². The van der Waals surface area contributed by atoms with Gasteiger partial charge in [0.1, 0.15) is 5.58 Å². The van der Waals surface area contributed by atoms with Gasteiger partial charge in [-0.3, -0.25) is 0 Å². The summed E-state index contributed by atoms with van der Waals surface area (Å²) in [5, 5.41) is 4.73.